The minimum atomic E-state index is -0.959. The summed E-state index contributed by atoms with van der Waals surface area (Å²) in [7, 11) is 0. The molecule has 8 nitrogen and oxygen atoms in total. The summed E-state index contributed by atoms with van der Waals surface area (Å²) in [6.45, 7) is 0.556. The highest BCUT2D eigenvalue weighted by Crippen LogP contribution is 2.46. The number of carbonyl (C=O) groups excluding carboxylic acids is 3. The number of nitrogens with one attached hydrogen (secondary N) is 2. The van der Waals surface area contributed by atoms with E-state index in [4.69, 9.17) is 16.7 Å². The third kappa shape index (κ3) is 7.08. The maximum Gasteiger partial charge on any atom is 0.305 e. The van der Waals surface area contributed by atoms with Gasteiger partial charge in [-0.1, -0.05) is 72.3 Å². The van der Waals surface area contributed by atoms with Crippen LogP contribution in [0, 0.1) is 5.92 Å². The van der Waals surface area contributed by atoms with E-state index in [1.54, 1.807) is 18.2 Å². The second-order valence-corrected chi connectivity index (χ2v) is 11.7. The van der Waals surface area contributed by atoms with Crippen LogP contribution in [0.3, 0.4) is 0 Å². The van der Waals surface area contributed by atoms with Crippen molar-refractivity contribution in [2.45, 2.75) is 56.5 Å². The molecule has 3 aromatic rings. The third-order valence-electron chi connectivity index (χ3n) is 8.52. The lowest BCUT2D eigenvalue weighted by molar-refractivity contribution is -0.137. The van der Waals surface area contributed by atoms with Gasteiger partial charge >= 0.3 is 5.97 Å². The summed E-state index contributed by atoms with van der Waals surface area (Å²) >= 11 is 6.24. The van der Waals surface area contributed by atoms with Gasteiger partial charge in [0.05, 0.1) is 18.4 Å². The summed E-state index contributed by atoms with van der Waals surface area (Å²) in [4.78, 5) is 53.6. The molecule has 43 heavy (non-hydrogen) atoms. The zero-order valence-corrected chi connectivity index (χ0v) is 24.6. The average Bonchev–Trinajstić information content (AvgIpc) is 3.02. The van der Waals surface area contributed by atoms with Crippen molar-refractivity contribution in [3.63, 3.8) is 0 Å². The van der Waals surface area contributed by atoms with Crippen molar-refractivity contribution >= 4 is 35.3 Å². The lowest BCUT2D eigenvalue weighted by Gasteiger charge is -2.47. The molecule has 2 atom stereocenters. The monoisotopic (exact) mass is 601 g/mol. The number of carbonyl (C=O) groups is 4. The number of carboxylic acids is 1. The zero-order valence-electron chi connectivity index (χ0n) is 23.9. The van der Waals surface area contributed by atoms with E-state index >= 15 is 0 Å². The molecular formula is C34H36ClN3O5. The van der Waals surface area contributed by atoms with Crippen LogP contribution in [0.5, 0.6) is 0 Å². The van der Waals surface area contributed by atoms with Gasteiger partial charge in [-0.25, -0.2) is 0 Å². The van der Waals surface area contributed by atoms with Gasteiger partial charge in [0, 0.05) is 35.6 Å². The molecule has 0 unspecified atom stereocenters. The number of halogens is 1. The molecule has 0 bridgehead atoms. The molecule has 1 saturated carbocycles. The Balaban J connectivity index is 1.41. The molecule has 1 aliphatic heterocycles. The topological polar surface area (TPSA) is 116 Å². The smallest absolute Gasteiger partial charge is 0.305 e. The van der Waals surface area contributed by atoms with Gasteiger partial charge in [0.25, 0.3) is 5.91 Å². The number of benzene rings is 3. The molecule has 9 heteroatoms. The second kappa shape index (κ2) is 13.9. The Kier molecular flexibility index (Phi) is 9.77. The number of fused-ring (bicyclic) bond motifs is 1. The Bertz CT molecular complexity index is 1450. The van der Waals surface area contributed by atoms with Crippen LogP contribution in [-0.4, -0.2) is 52.8 Å². The Morgan fingerprint density at radius 2 is 1.47 bits per heavy atom. The Hall–Kier alpha value is -4.17. The number of carboxylic acid groups (broad SMARTS) is 1. The lowest BCUT2D eigenvalue weighted by atomic mass is 9.76. The summed E-state index contributed by atoms with van der Waals surface area (Å²) in [6.07, 6.45) is 2.88. The number of hydrogen-bond acceptors (Lipinski definition) is 4. The van der Waals surface area contributed by atoms with E-state index < -0.39 is 17.9 Å². The van der Waals surface area contributed by atoms with Crippen molar-refractivity contribution in [1.82, 2.24) is 15.5 Å². The van der Waals surface area contributed by atoms with Gasteiger partial charge in [-0.3, -0.25) is 19.2 Å². The van der Waals surface area contributed by atoms with Crippen molar-refractivity contribution < 1.29 is 24.3 Å². The molecular weight excluding hydrogens is 566 g/mol. The lowest BCUT2D eigenvalue weighted by Crippen LogP contribution is -2.52. The van der Waals surface area contributed by atoms with Crippen molar-refractivity contribution in [3.05, 3.63) is 106 Å². The van der Waals surface area contributed by atoms with E-state index in [9.17, 15) is 19.2 Å². The number of hydrogen-bond donors (Lipinski definition) is 3. The summed E-state index contributed by atoms with van der Waals surface area (Å²) in [5.74, 6) is -2.27. The minimum absolute atomic E-state index is 0.0925. The number of amides is 3. The molecule has 1 aliphatic carbocycles. The van der Waals surface area contributed by atoms with Crippen molar-refractivity contribution in [3.8, 4) is 0 Å². The molecule has 3 amide bonds. The fourth-order valence-corrected chi connectivity index (χ4v) is 6.51. The first-order valence-corrected chi connectivity index (χ1v) is 15.2. The van der Waals surface area contributed by atoms with Crippen LogP contribution in [0.2, 0.25) is 5.02 Å². The van der Waals surface area contributed by atoms with E-state index in [1.807, 2.05) is 65.6 Å². The molecule has 1 fully saturated rings. The highest BCUT2D eigenvalue weighted by molar-refractivity contribution is 6.30. The van der Waals surface area contributed by atoms with Crippen LogP contribution in [0.4, 0.5) is 0 Å². The van der Waals surface area contributed by atoms with Gasteiger partial charge in [0.1, 0.15) is 0 Å². The van der Waals surface area contributed by atoms with Crippen LogP contribution >= 0.6 is 11.6 Å². The van der Waals surface area contributed by atoms with Gasteiger partial charge in [-0.15, -0.1) is 0 Å². The average molecular weight is 602 g/mol. The zero-order chi connectivity index (χ0) is 30.3. The summed E-state index contributed by atoms with van der Waals surface area (Å²) in [6, 6.07) is 23.9. The number of rotatable bonds is 10. The Morgan fingerprint density at radius 3 is 2.16 bits per heavy atom. The molecule has 5 rings (SSSR count). The van der Waals surface area contributed by atoms with Crippen molar-refractivity contribution in [1.29, 1.82) is 0 Å². The molecule has 0 aromatic heterocycles. The molecule has 0 spiro atoms. The summed E-state index contributed by atoms with van der Waals surface area (Å²) in [5, 5.41) is 15.3. The van der Waals surface area contributed by atoms with Crippen LogP contribution in [-0.2, 0) is 20.8 Å². The van der Waals surface area contributed by atoms with Crippen LogP contribution in [0.15, 0.2) is 78.9 Å². The van der Waals surface area contributed by atoms with Gasteiger partial charge < -0.3 is 20.6 Å². The van der Waals surface area contributed by atoms with Gasteiger partial charge in [0.15, 0.2) is 0 Å². The standard InChI is InChI=1S/C34H36ClN3O5/c35-25-14-10-23(11-15-25)31-30(33(42)37-20-18-22-6-2-1-3-7-22)27-8-4-5-9-28(27)34(43)38(31)26-16-12-24(13-17-26)32(41)36-21-19-29(39)40/h1-11,14-15,24,26,30-31H,12-13,16-21H2,(H,36,41)(H,37,42)(H,39,40)/t24?,26?,30-,31+/m1/s1. The van der Waals surface area contributed by atoms with Gasteiger partial charge in [0.2, 0.25) is 11.8 Å². The van der Waals surface area contributed by atoms with Crippen molar-refractivity contribution in [2.75, 3.05) is 13.1 Å². The second-order valence-electron chi connectivity index (χ2n) is 11.2. The molecule has 3 aromatic carbocycles. The Morgan fingerprint density at radius 1 is 0.814 bits per heavy atom. The number of nitrogens with zero attached hydrogens (tertiary/aromatic N) is 1. The minimum Gasteiger partial charge on any atom is -0.481 e. The van der Waals surface area contributed by atoms with E-state index in [1.165, 1.54) is 0 Å². The van der Waals surface area contributed by atoms with E-state index in [0.717, 1.165) is 11.1 Å². The Labute approximate surface area is 256 Å². The highest BCUT2D eigenvalue weighted by Gasteiger charge is 2.47. The maximum absolute atomic E-state index is 14.2. The predicted octanol–water partition coefficient (Wildman–Crippen LogP) is 5.13. The first kappa shape index (κ1) is 30.3. The van der Waals surface area contributed by atoms with E-state index in [-0.39, 0.29) is 42.6 Å². The highest BCUT2D eigenvalue weighted by atomic mass is 35.5. The van der Waals surface area contributed by atoms with Gasteiger partial charge in [-0.05, 0) is 67.0 Å². The van der Waals surface area contributed by atoms with Crippen molar-refractivity contribution in [2.24, 2.45) is 5.92 Å². The molecule has 224 valence electrons. The largest absolute Gasteiger partial charge is 0.481 e. The van der Waals surface area contributed by atoms with Crippen LogP contribution < -0.4 is 10.6 Å². The normalized spacial score (nSPS) is 21.5. The molecule has 2 aliphatic rings. The SMILES string of the molecule is O=C(O)CCNC(=O)C1CCC(N2C(=O)c3ccccc3[C@@H](C(=O)NCCc3ccccc3)[C@@H]2c2ccc(Cl)cc2)CC1. The number of aliphatic carboxylic acids is 1. The van der Waals surface area contributed by atoms with E-state index in [2.05, 4.69) is 10.6 Å². The predicted molar refractivity (Wildman–Crippen MR) is 164 cm³/mol. The molecule has 3 N–H and O–H groups in total. The molecule has 0 radical (unpaired) electrons. The summed E-state index contributed by atoms with van der Waals surface area (Å²) in [5.41, 5.74) is 3.17. The van der Waals surface area contributed by atoms with E-state index in [0.29, 0.717) is 54.8 Å². The fraction of sp³-hybridized carbons (Fsp3) is 0.353. The molecule has 1 heterocycles. The third-order valence-corrected chi connectivity index (χ3v) is 8.78. The fourth-order valence-electron chi connectivity index (χ4n) is 6.39. The van der Waals surface area contributed by atoms with Crippen LogP contribution in [0.25, 0.3) is 0 Å². The first-order chi connectivity index (χ1) is 20.8. The first-order valence-electron chi connectivity index (χ1n) is 14.8. The summed E-state index contributed by atoms with van der Waals surface area (Å²) < 4.78 is 0. The maximum atomic E-state index is 14.2. The molecule has 0 saturated heterocycles. The quantitative estimate of drug-likeness (QED) is 0.298. The van der Waals surface area contributed by atoms with Gasteiger partial charge in [-0.2, -0.15) is 0 Å². The van der Waals surface area contributed by atoms with Crippen LogP contribution in [0.1, 0.15) is 71.1 Å².